The van der Waals surface area contributed by atoms with Crippen molar-refractivity contribution in [3.05, 3.63) is 0 Å². The van der Waals surface area contributed by atoms with Gasteiger partial charge in [0.15, 0.2) is 0 Å². The highest BCUT2D eigenvalue weighted by molar-refractivity contribution is 4.88. The molecule has 1 heteroatoms. The minimum Gasteiger partial charge on any atom is -0.314 e. The second-order valence-corrected chi connectivity index (χ2v) is 7.04. The Morgan fingerprint density at radius 1 is 0.944 bits per heavy atom. The lowest BCUT2D eigenvalue weighted by atomic mass is 9.66. The van der Waals surface area contributed by atoms with Gasteiger partial charge in [-0.3, -0.25) is 0 Å². The molecule has 0 aromatic rings. The molecule has 0 aromatic carbocycles. The monoisotopic (exact) mass is 251 g/mol. The average molecular weight is 251 g/mol. The molecule has 106 valence electrons. The molecule has 0 radical (unpaired) electrons. The second-order valence-electron chi connectivity index (χ2n) is 7.04. The van der Waals surface area contributed by atoms with Gasteiger partial charge in [0.25, 0.3) is 0 Å². The predicted octanol–water partition coefficient (Wildman–Crippen LogP) is 4.62. The number of rotatable bonds is 4. The molecule has 18 heavy (non-hydrogen) atoms. The first-order valence-electron chi connectivity index (χ1n) is 8.45. The molecule has 2 rings (SSSR count). The Balaban J connectivity index is 1.91. The van der Waals surface area contributed by atoms with Crippen molar-refractivity contribution in [2.24, 2.45) is 23.7 Å². The van der Waals surface area contributed by atoms with Crippen LogP contribution in [0.25, 0.3) is 0 Å². The summed E-state index contributed by atoms with van der Waals surface area (Å²) in [5, 5.41) is 3.84. The summed E-state index contributed by atoms with van der Waals surface area (Å²) < 4.78 is 0. The Morgan fingerprint density at radius 3 is 2.44 bits per heavy atom. The molecule has 5 atom stereocenters. The van der Waals surface area contributed by atoms with Crippen LogP contribution in [0, 0.1) is 23.7 Å². The van der Waals surface area contributed by atoms with E-state index in [-0.39, 0.29) is 0 Å². The van der Waals surface area contributed by atoms with E-state index in [9.17, 15) is 0 Å². The van der Waals surface area contributed by atoms with Gasteiger partial charge in [0.1, 0.15) is 0 Å². The van der Waals surface area contributed by atoms with Crippen LogP contribution in [0.15, 0.2) is 0 Å². The number of hydrogen-bond acceptors (Lipinski definition) is 1. The van der Waals surface area contributed by atoms with Crippen molar-refractivity contribution in [2.45, 2.75) is 78.2 Å². The molecule has 0 saturated heterocycles. The highest BCUT2D eigenvalue weighted by Gasteiger charge is 2.35. The summed E-state index contributed by atoms with van der Waals surface area (Å²) in [5.74, 6) is 3.93. The van der Waals surface area contributed by atoms with E-state index in [0.29, 0.717) is 0 Å². The molecule has 0 aliphatic heterocycles. The molecule has 0 amide bonds. The van der Waals surface area contributed by atoms with E-state index < -0.39 is 0 Å². The number of hydrogen-bond donors (Lipinski definition) is 1. The summed E-state index contributed by atoms with van der Waals surface area (Å²) >= 11 is 0. The van der Waals surface area contributed by atoms with E-state index in [4.69, 9.17) is 0 Å². The summed E-state index contributed by atoms with van der Waals surface area (Å²) in [7, 11) is 0. The zero-order chi connectivity index (χ0) is 13.0. The van der Waals surface area contributed by atoms with Crippen molar-refractivity contribution in [2.75, 3.05) is 6.54 Å². The quantitative estimate of drug-likeness (QED) is 0.769. The van der Waals surface area contributed by atoms with E-state index in [1.54, 1.807) is 0 Å². The topological polar surface area (TPSA) is 12.0 Å². The van der Waals surface area contributed by atoms with Gasteiger partial charge in [0.05, 0.1) is 0 Å². The summed E-state index contributed by atoms with van der Waals surface area (Å²) in [6.45, 7) is 8.44. The fourth-order valence-corrected chi connectivity index (χ4v) is 4.29. The van der Waals surface area contributed by atoms with Gasteiger partial charge in [-0.05, 0) is 62.3 Å². The van der Waals surface area contributed by atoms with Gasteiger partial charge in [-0.1, -0.05) is 40.0 Å². The lowest BCUT2D eigenvalue weighted by Crippen LogP contribution is -2.43. The molecule has 2 aliphatic rings. The molecule has 2 aliphatic carbocycles. The Kier molecular flexibility index (Phi) is 5.54. The summed E-state index contributed by atoms with van der Waals surface area (Å²) in [6.07, 6.45) is 11.6. The third kappa shape index (κ3) is 3.50. The fourth-order valence-electron chi connectivity index (χ4n) is 4.29. The maximum atomic E-state index is 3.84. The first-order valence-corrected chi connectivity index (χ1v) is 8.45. The zero-order valence-corrected chi connectivity index (χ0v) is 12.8. The van der Waals surface area contributed by atoms with Gasteiger partial charge in [0, 0.05) is 6.04 Å². The smallest absolute Gasteiger partial charge is 0.00979 e. The van der Waals surface area contributed by atoms with Gasteiger partial charge < -0.3 is 5.32 Å². The van der Waals surface area contributed by atoms with Gasteiger partial charge in [-0.2, -0.15) is 0 Å². The van der Waals surface area contributed by atoms with E-state index in [2.05, 4.69) is 26.1 Å². The first kappa shape index (κ1) is 14.4. The summed E-state index contributed by atoms with van der Waals surface area (Å²) in [4.78, 5) is 0. The van der Waals surface area contributed by atoms with Crippen LogP contribution in [-0.2, 0) is 0 Å². The Morgan fingerprint density at radius 2 is 1.72 bits per heavy atom. The highest BCUT2D eigenvalue weighted by atomic mass is 14.9. The van der Waals surface area contributed by atoms with E-state index in [0.717, 1.165) is 29.7 Å². The minimum atomic E-state index is 0.837. The Bertz CT molecular complexity index is 238. The predicted molar refractivity (Wildman–Crippen MR) is 79.7 cm³/mol. The van der Waals surface area contributed by atoms with Crippen molar-refractivity contribution in [1.82, 2.24) is 5.32 Å². The van der Waals surface area contributed by atoms with Crippen LogP contribution in [0.3, 0.4) is 0 Å². The maximum Gasteiger partial charge on any atom is 0.00979 e. The molecule has 0 aromatic heterocycles. The molecule has 1 nitrogen and oxygen atoms in total. The van der Waals surface area contributed by atoms with Gasteiger partial charge in [0.2, 0.25) is 0 Å². The molecule has 0 spiro atoms. The lowest BCUT2D eigenvalue weighted by molar-refractivity contribution is 0.105. The molecule has 2 saturated carbocycles. The average Bonchev–Trinajstić information content (AvgIpc) is 2.40. The van der Waals surface area contributed by atoms with E-state index in [1.807, 2.05) is 0 Å². The molecule has 2 fully saturated rings. The summed E-state index contributed by atoms with van der Waals surface area (Å²) in [5.41, 5.74) is 0. The van der Waals surface area contributed by atoms with Crippen LogP contribution in [-0.4, -0.2) is 12.6 Å². The molecule has 0 bridgehead atoms. The standard InChI is InChI=1S/C17H33N/c1-4-11-18-17-8-6-5-7-16(17)15-10-9-13(2)14(3)12-15/h13-18H,4-12H2,1-3H3. The zero-order valence-electron chi connectivity index (χ0n) is 12.8. The third-order valence-electron chi connectivity index (χ3n) is 5.72. The Hall–Kier alpha value is -0.0400. The molecular formula is C17H33N. The highest BCUT2D eigenvalue weighted by Crippen LogP contribution is 2.42. The largest absolute Gasteiger partial charge is 0.314 e. The van der Waals surface area contributed by atoms with E-state index >= 15 is 0 Å². The van der Waals surface area contributed by atoms with Crippen molar-refractivity contribution in [1.29, 1.82) is 0 Å². The summed E-state index contributed by atoms with van der Waals surface area (Å²) in [6, 6.07) is 0.837. The Labute approximate surface area is 114 Å². The van der Waals surface area contributed by atoms with Crippen molar-refractivity contribution >= 4 is 0 Å². The third-order valence-corrected chi connectivity index (χ3v) is 5.72. The van der Waals surface area contributed by atoms with Crippen LogP contribution in [0.5, 0.6) is 0 Å². The van der Waals surface area contributed by atoms with Crippen LogP contribution in [0.1, 0.15) is 72.1 Å². The van der Waals surface area contributed by atoms with Crippen molar-refractivity contribution in [3.8, 4) is 0 Å². The normalized spacial score (nSPS) is 41.8. The lowest BCUT2D eigenvalue weighted by Gasteiger charge is -2.42. The van der Waals surface area contributed by atoms with Crippen LogP contribution in [0.2, 0.25) is 0 Å². The van der Waals surface area contributed by atoms with E-state index in [1.165, 1.54) is 57.9 Å². The molecule has 0 heterocycles. The maximum absolute atomic E-state index is 3.84. The van der Waals surface area contributed by atoms with Crippen molar-refractivity contribution in [3.63, 3.8) is 0 Å². The second kappa shape index (κ2) is 6.93. The molecular weight excluding hydrogens is 218 g/mol. The van der Waals surface area contributed by atoms with Crippen LogP contribution >= 0.6 is 0 Å². The van der Waals surface area contributed by atoms with Crippen molar-refractivity contribution < 1.29 is 0 Å². The first-order chi connectivity index (χ1) is 8.72. The SMILES string of the molecule is CCCNC1CCCCC1C1CCC(C)C(C)C1. The van der Waals surface area contributed by atoms with Gasteiger partial charge >= 0.3 is 0 Å². The van der Waals surface area contributed by atoms with Gasteiger partial charge in [-0.15, -0.1) is 0 Å². The van der Waals surface area contributed by atoms with Gasteiger partial charge in [-0.25, -0.2) is 0 Å². The van der Waals surface area contributed by atoms with Crippen LogP contribution in [0.4, 0.5) is 0 Å². The molecule has 5 unspecified atom stereocenters. The minimum absolute atomic E-state index is 0.837. The number of nitrogens with one attached hydrogen (secondary N) is 1. The van der Waals surface area contributed by atoms with Crippen LogP contribution < -0.4 is 5.32 Å². The fraction of sp³-hybridized carbons (Fsp3) is 1.00. The molecule has 1 N–H and O–H groups in total.